The van der Waals surface area contributed by atoms with Crippen LogP contribution in [-0.4, -0.2) is 36.4 Å². The number of benzene rings is 2. The molecule has 0 aliphatic carbocycles. The average molecular weight is 495 g/mol. The first-order valence-electron chi connectivity index (χ1n) is 9.08. The molecule has 32 heavy (non-hydrogen) atoms. The highest BCUT2D eigenvalue weighted by molar-refractivity contribution is 7.48. The van der Waals surface area contributed by atoms with Gasteiger partial charge < -0.3 is 14.2 Å². The average Bonchev–Trinajstić information content (AvgIpc) is 2.71. The van der Waals surface area contributed by atoms with Crippen molar-refractivity contribution in [2.45, 2.75) is 19.5 Å². The van der Waals surface area contributed by atoms with Crippen LogP contribution < -0.4 is 10.0 Å². The van der Waals surface area contributed by atoms with Crippen molar-refractivity contribution in [3.05, 3.63) is 56.6 Å². The van der Waals surface area contributed by atoms with Crippen molar-refractivity contribution in [3.8, 4) is 11.5 Å². The number of nitrogens with zero attached hydrogens (tertiary/aromatic N) is 2. The molecular formula is C19H19ClF3N2O6P. The van der Waals surface area contributed by atoms with Crippen molar-refractivity contribution in [2.75, 3.05) is 20.7 Å². The third-order valence-corrected chi connectivity index (χ3v) is 5.82. The maximum absolute atomic E-state index is 12.9. The zero-order valence-corrected chi connectivity index (χ0v) is 18.9. The third kappa shape index (κ3) is 6.21. The number of aryl methyl sites for hydroxylation is 1. The summed E-state index contributed by atoms with van der Waals surface area (Å²) in [7, 11) is -0.325. The van der Waals surface area contributed by atoms with Crippen molar-refractivity contribution < 1.29 is 36.7 Å². The van der Waals surface area contributed by atoms with Crippen LogP contribution in [0.4, 0.5) is 18.9 Å². The van der Waals surface area contributed by atoms with Crippen LogP contribution in [0.25, 0.3) is 0 Å². The largest absolute Gasteiger partial charge is 0.455 e. The van der Waals surface area contributed by atoms with E-state index in [0.29, 0.717) is 11.6 Å². The van der Waals surface area contributed by atoms with Gasteiger partial charge >= 0.3 is 6.18 Å². The molecule has 2 aromatic rings. The van der Waals surface area contributed by atoms with Gasteiger partial charge in [0, 0.05) is 31.8 Å². The van der Waals surface area contributed by atoms with Crippen molar-refractivity contribution >= 4 is 36.5 Å². The summed E-state index contributed by atoms with van der Waals surface area (Å²) >= 11 is 5.92. The van der Waals surface area contributed by atoms with Gasteiger partial charge in [-0.15, -0.1) is 0 Å². The third-order valence-electron chi connectivity index (χ3n) is 4.28. The lowest BCUT2D eigenvalue weighted by Gasteiger charge is -2.15. The summed E-state index contributed by atoms with van der Waals surface area (Å²) < 4.78 is 61.8. The zero-order chi connectivity index (χ0) is 24.2. The minimum atomic E-state index is -4.60. The highest BCUT2D eigenvalue weighted by atomic mass is 35.5. The van der Waals surface area contributed by atoms with Gasteiger partial charge in [-0.1, -0.05) is 18.5 Å². The number of amides is 1. The summed E-state index contributed by atoms with van der Waals surface area (Å²) in [5.74, 6) is -0.614. The molecule has 8 nitrogen and oxygen atoms in total. The Morgan fingerprint density at radius 3 is 2.38 bits per heavy atom. The van der Waals surface area contributed by atoms with E-state index in [2.05, 4.69) is 0 Å². The molecule has 0 spiro atoms. The second-order valence-electron chi connectivity index (χ2n) is 6.70. The Hall–Kier alpha value is -2.62. The van der Waals surface area contributed by atoms with E-state index in [-0.39, 0.29) is 28.2 Å². The van der Waals surface area contributed by atoms with E-state index < -0.39 is 42.9 Å². The first-order valence-corrected chi connectivity index (χ1v) is 10.8. The van der Waals surface area contributed by atoms with Crippen LogP contribution in [0.15, 0.2) is 30.3 Å². The molecule has 0 radical (unpaired) electrons. The topological polar surface area (TPSA) is 99.0 Å². The Balaban J connectivity index is 2.45. The van der Waals surface area contributed by atoms with Gasteiger partial charge in [-0.05, 0) is 24.6 Å². The van der Waals surface area contributed by atoms with Crippen LogP contribution in [0.3, 0.4) is 0 Å². The van der Waals surface area contributed by atoms with Crippen LogP contribution in [0.2, 0.25) is 5.02 Å². The highest BCUT2D eigenvalue weighted by Gasteiger charge is 2.31. The fraction of sp³-hybridized carbons (Fsp3) is 0.316. The molecule has 1 unspecified atom stereocenters. The van der Waals surface area contributed by atoms with Gasteiger partial charge in [-0.3, -0.25) is 19.5 Å². The number of nitro benzene ring substituents is 1. The summed E-state index contributed by atoms with van der Waals surface area (Å²) in [4.78, 5) is 23.6. The molecular weight excluding hydrogens is 476 g/mol. The molecule has 0 saturated carbocycles. The van der Waals surface area contributed by atoms with Gasteiger partial charge in [0.1, 0.15) is 23.4 Å². The number of hydrogen-bond acceptors (Lipinski definition) is 6. The van der Waals surface area contributed by atoms with Crippen LogP contribution in [-0.2, 0) is 26.5 Å². The van der Waals surface area contributed by atoms with E-state index in [1.54, 1.807) is 6.92 Å². The maximum atomic E-state index is 12.9. The molecule has 2 rings (SSSR count). The van der Waals surface area contributed by atoms with Gasteiger partial charge in [-0.2, -0.15) is 13.2 Å². The lowest BCUT2D eigenvalue weighted by molar-refractivity contribution is -0.383. The lowest BCUT2D eigenvalue weighted by Crippen LogP contribution is -2.25. The lowest BCUT2D eigenvalue weighted by atomic mass is 10.1. The number of nitro groups is 1. The number of likely N-dealkylation sites (N-methyl/N-ethyl adjacent to an activating group) is 1. The van der Waals surface area contributed by atoms with Crippen LogP contribution >= 0.6 is 19.6 Å². The van der Waals surface area contributed by atoms with Gasteiger partial charge in [-0.25, -0.2) is 0 Å². The predicted octanol–water partition coefficient (Wildman–Crippen LogP) is 4.83. The fourth-order valence-electron chi connectivity index (χ4n) is 2.51. The fourth-order valence-corrected chi connectivity index (χ4v) is 3.76. The second-order valence-corrected chi connectivity index (χ2v) is 8.51. The second kappa shape index (κ2) is 10.3. The van der Waals surface area contributed by atoms with Crippen molar-refractivity contribution in [1.82, 2.24) is 4.90 Å². The smallest absolute Gasteiger partial charge is 0.416 e. The maximum Gasteiger partial charge on any atom is 0.416 e. The highest BCUT2D eigenvalue weighted by Crippen LogP contribution is 2.39. The first-order chi connectivity index (χ1) is 14.8. The van der Waals surface area contributed by atoms with Crippen molar-refractivity contribution in [1.29, 1.82) is 0 Å². The van der Waals surface area contributed by atoms with Crippen molar-refractivity contribution in [2.24, 2.45) is 0 Å². The molecule has 0 aliphatic rings. The summed E-state index contributed by atoms with van der Waals surface area (Å²) in [6.07, 6.45) is -4.34. The first kappa shape index (κ1) is 25.6. The number of alkyl halides is 3. The van der Waals surface area contributed by atoms with Crippen LogP contribution in [0.1, 0.15) is 18.1 Å². The monoisotopic (exact) mass is 494 g/mol. The standard InChI is InChI=1S/C19H19ClF3N2O6P/c1-4-11-7-14(25(27)28)17(32(29)30-10-18(26)24(2)3)9-16(11)31-15-6-5-12(8-13(15)20)19(21,22)23/h5-9,32H,4,10H2,1-3H3. The van der Waals surface area contributed by atoms with E-state index in [1.807, 2.05) is 0 Å². The van der Waals surface area contributed by atoms with Crippen LogP contribution in [0, 0.1) is 10.1 Å². The molecule has 0 saturated heterocycles. The Bertz CT molecular complexity index is 1060. The molecule has 0 N–H and O–H groups in total. The number of hydrogen-bond donors (Lipinski definition) is 0. The molecule has 0 aliphatic heterocycles. The van der Waals surface area contributed by atoms with E-state index in [4.69, 9.17) is 20.9 Å². The van der Waals surface area contributed by atoms with E-state index in [9.17, 15) is 32.6 Å². The summed E-state index contributed by atoms with van der Waals surface area (Å²) in [6.45, 7) is 1.12. The molecule has 174 valence electrons. The molecule has 13 heteroatoms. The number of carbonyl (C=O) groups excluding carboxylic acids is 1. The number of carbonyl (C=O) groups is 1. The summed E-state index contributed by atoms with van der Waals surface area (Å²) in [5.41, 5.74) is -1.14. The van der Waals surface area contributed by atoms with E-state index in [1.165, 1.54) is 19.0 Å². The van der Waals surface area contributed by atoms with E-state index >= 15 is 0 Å². The summed E-state index contributed by atoms with van der Waals surface area (Å²) in [5, 5.41) is 10.8. The Morgan fingerprint density at radius 2 is 1.88 bits per heavy atom. The molecule has 0 aromatic heterocycles. The Labute approximate surface area is 186 Å². The zero-order valence-electron chi connectivity index (χ0n) is 17.2. The SMILES string of the molecule is CCc1cc([N+](=O)[O-])c([PH](=O)OCC(=O)N(C)C)cc1Oc1ccc(C(F)(F)F)cc1Cl. The Morgan fingerprint density at radius 1 is 1.22 bits per heavy atom. The summed E-state index contributed by atoms with van der Waals surface area (Å²) in [6, 6.07) is 4.74. The molecule has 1 amide bonds. The Kier molecular flexibility index (Phi) is 8.28. The minimum Gasteiger partial charge on any atom is -0.455 e. The van der Waals surface area contributed by atoms with Gasteiger partial charge in [0.05, 0.1) is 15.5 Å². The van der Waals surface area contributed by atoms with Gasteiger partial charge in [0.25, 0.3) is 5.69 Å². The number of ether oxygens (including phenoxy) is 1. The quantitative estimate of drug-likeness (QED) is 0.296. The molecule has 2 aromatic carbocycles. The predicted molar refractivity (Wildman–Crippen MR) is 112 cm³/mol. The van der Waals surface area contributed by atoms with Crippen molar-refractivity contribution in [3.63, 3.8) is 0 Å². The minimum absolute atomic E-state index is 0.00986. The van der Waals surface area contributed by atoms with Gasteiger partial charge in [0.15, 0.2) is 0 Å². The number of rotatable bonds is 8. The molecule has 0 heterocycles. The molecule has 0 bridgehead atoms. The van der Waals surface area contributed by atoms with Crippen LogP contribution in [0.5, 0.6) is 11.5 Å². The van der Waals surface area contributed by atoms with Gasteiger partial charge in [0.2, 0.25) is 13.9 Å². The molecule has 1 atom stereocenters. The number of halogens is 4. The van der Waals surface area contributed by atoms with E-state index in [0.717, 1.165) is 24.3 Å². The molecule has 0 fully saturated rings. The normalized spacial score (nSPS) is 12.3.